The van der Waals surface area contributed by atoms with E-state index >= 15 is 0 Å². The number of carbonyl (C=O) groups is 2. The van der Waals surface area contributed by atoms with Crippen LogP contribution in [0.15, 0.2) is 23.1 Å². The number of aliphatic carboxylic acids is 1. The molecule has 1 aliphatic rings. The smallest absolute Gasteiger partial charge is 0.315 e. The van der Waals surface area contributed by atoms with Gasteiger partial charge in [0.1, 0.15) is 5.92 Å². The fourth-order valence-corrected chi connectivity index (χ4v) is 3.77. The summed E-state index contributed by atoms with van der Waals surface area (Å²) in [6.07, 6.45) is 0.386. The van der Waals surface area contributed by atoms with E-state index in [1.165, 1.54) is 25.9 Å². The molecule has 0 aliphatic carbocycles. The van der Waals surface area contributed by atoms with Gasteiger partial charge in [0.2, 0.25) is 15.9 Å². The first kappa shape index (κ1) is 17.4. The molecule has 1 aliphatic heterocycles. The molecule has 0 saturated carbocycles. The van der Waals surface area contributed by atoms with Crippen molar-refractivity contribution in [1.29, 1.82) is 0 Å². The molecule has 1 aromatic carbocycles. The molecule has 1 heterocycles. The predicted molar refractivity (Wildman–Crippen MR) is 83.2 cm³/mol. The molecule has 0 saturated heterocycles. The molecule has 1 unspecified atom stereocenters. The van der Waals surface area contributed by atoms with Gasteiger partial charge in [-0.25, -0.2) is 12.7 Å². The highest BCUT2D eigenvalue weighted by atomic mass is 32.2. The molecule has 0 aromatic heterocycles. The summed E-state index contributed by atoms with van der Waals surface area (Å²) in [5, 5.41) is 8.96. The molecule has 0 radical (unpaired) electrons. The van der Waals surface area contributed by atoms with Gasteiger partial charge in [-0.1, -0.05) is 12.1 Å². The quantitative estimate of drug-likeness (QED) is 0.807. The number of carbonyl (C=O) groups excluding carboxylic acids is 1. The van der Waals surface area contributed by atoms with Crippen molar-refractivity contribution in [3.63, 3.8) is 0 Å². The Bertz CT molecular complexity index is 742. The van der Waals surface area contributed by atoms with Crippen LogP contribution < -0.4 is 0 Å². The summed E-state index contributed by atoms with van der Waals surface area (Å²) >= 11 is 0. The minimum Gasteiger partial charge on any atom is -0.481 e. The van der Waals surface area contributed by atoms with E-state index in [1.807, 2.05) is 0 Å². The first-order valence-corrected chi connectivity index (χ1v) is 8.65. The maximum Gasteiger partial charge on any atom is 0.315 e. The van der Waals surface area contributed by atoms with Crippen molar-refractivity contribution in [2.45, 2.75) is 24.8 Å². The minimum atomic E-state index is -3.55. The van der Waals surface area contributed by atoms with Crippen molar-refractivity contribution in [2.75, 3.05) is 20.6 Å². The van der Waals surface area contributed by atoms with E-state index in [-0.39, 0.29) is 11.4 Å². The van der Waals surface area contributed by atoms with Gasteiger partial charge in [0.25, 0.3) is 0 Å². The molecule has 2 rings (SSSR count). The van der Waals surface area contributed by atoms with E-state index < -0.39 is 27.8 Å². The average molecular weight is 340 g/mol. The number of fused-ring (bicyclic) bond motifs is 1. The van der Waals surface area contributed by atoms with E-state index in [1.54, 1.807) is 18.2 Å². The first-order valence-electron chi connectivity index (χ1n) is 7.21. The summed E-state index contributed by atoms with van der Waals surface area (Å²) in [6.45, 7) is 1.89. The van der Waals surface area contributed by atoms with Crippen LogP contribution in [0.1, 0.15) is 18.1 Å². The fourth-order valence-electron chi connectivity index (χ4n) is 2.58. The molecule has 0 spiro atoms. The predicted octanol–water partition coefficient (Wildman–Crippen LogP) is 0.542. The number of hydrogen-bond donors (Lipinski definition) is 1. The SMILES string of the molecule is CC(C(=O)O)C(=O)N1CCc2c(cccc2S(=O)(=O)N(C)C)C1. The number of benzene rings is 1. The van der Waals surface area contributed by atoms with Gasteiger partial charge in [0, 0.05) is 27.2 Å². The highest BCUT2D eigenvalue weighted by Gasteiger charge is 2.31. The lowest BCUT2D eigenvalue weighted by atomic mass is 9.98. The summed E-state index contributed by atoms with van der Waals surface area (Å²) in [7, 11) is -0.602. The normalized spacial score (nSPS) is 16.1. The summed E-state index contributed by atoms with van der Waals surface area (Å²) in [5.41, 5.74) is 1.44. The van der Waals surface area contributed by atoms with Crippen molar-refractivity contribution in [2.24, 2.45) is 5.92 Å². The number of amides is 1. The summed E-state index contributed by atoms with van der Waals surface area (Å²) in [6, 6.07) is 4.98. The molecule has 23 heavy (non-hydrogen) atoms. The zero-order chi connectivity index (χ0) is 17.4. The second-order valence-electron chi connectivity index (χ2n) is 5.75. The maximum absolute atomic E-state index is 12.4. The van der Waals surface area contributed by atoms with Crippen LogP contribution in [0.25, 0.3) is 0 Å². The van der Waals surface area contributed by atoms with Crippen LogP contribution in [0.5, 0.6) is 0 Å². The van der Waals surface area contributed by atoms with Crippen molar-refractivity contribution >= 4 is 21.9 Å². The molecule has 1 aromatic rings. The van der Waals surface area contributed by atoms with Gasteiger partial charge in [0.15, 0.2) is 0 Å². The van der Waals surface area contributed by atoms with Crippen LogP contribution in [0.2, 0.25) is 0 Å². The molecule has 7 nitrogen and oxygen atoms in total. The summed E-state index contributed by atoms with van der Waals surface area (Å²) in [5.74, 6) is -2.72. The standard InChI is InChI=1S/C15H20N2O5S/c1-10(15(19)20)14(18)17-8-7-12-11(9-17)5-4-6-13(12)23(21,22)16(2)3/h4-6,10H,7-9H2,1-3H3,(H,19,20). The summed E-state index contributed by atoms with van der Waals surface area (Å²) < 4.78 is 25.9. The maximum atomic E-state index is 12.4. The van der Waals surface area contributed by atoms with Crippen LogP contribution in [0, 0.1) is 5.92 Å². The Morgan fingerprint density at radius 2 is 1.96 bits per heavy atom. The molecule has 0 fully saturated rings. The van der Waals surface area contributed by atoms with Gasteiger partial charge < -0.3 is 10.0 Å². The van der Waals surface area contributed by atoms with Gasteiger partial charge in [-0.2, -0.15) is 0 Å². The van der Waals surface area contributed by atoms with Gasteiger partial charge in [-0.3, -0.25) is 9.59 Å². The molecule has 1 N–H and O–H groups in total. The van der Waals surface area contributed by atoms with Crippen LogP contribution in [0.4, 0.5) is 0 Å². The van der Waals surface area contributed by atoms with Crippen molar-refractivity contribution in [1.82, 2.24) is 9.21 Å². The number of carboxylic acid groups (broad SMARTS) is 1. The Hall–Kier alpha value is -1.93. The highest BCUT2D eigenvalue weighted by molar-refractivity contribution is 7.89. The van der Waals surface area contributed by atoms with Crippen molar-refractivity contribution in [3.8, 4) is 0 Å². The van der Waals surface area contributed by atoms with Gasteiger partial charge in [0.05, 0.1) is 4.90 Å². The van der Waals surface area contributed by atoms with E-state index in [9.17, 15) is 18.0 Å². The molecule has 1 atom stereocenters. The second-order valence-corrected chi connectivity index (χ2v) is 7.87. The largest absolute Gasteiger partial charge is 0.481 e. The molecule has 0 bridgehead atoms. The van der Waals surface area contributed by atoms with Crippen molar-refractivity contribution in [3.05, 3.63) is 29.3 Å². The monoisotopic (exact) mass is 340 g/mol. The lowest BCUT2D eigenvalue weighted by Gasteiger charge is -2.31. The Morgan fingerprint density at radius 1 is 1.30 bits per heavy atom. The zero-order valence-corrected chi connectivity index (χ0v) is 14.1. The van der Waals surface area contributed by atoms with Crippen LogP contribution in [0.3, 0.4) is 0 Å². The molecule has 1 amide bonds. The van der Waals surface area contributed by atoms with Crippen LogP contribution >= 0.6 is 0 Å². The third kappa shape index (κ3) is 3.23. The Morgan fingerprint density at radius 3 is 2.52 bits per heavy atom. The van der Waals surface area contributed by atoms with Gasteiger partial charge >= 0.3 is 5.97 Å². The third-order valence-electron chi connectivity index (χ3n) is 4.03. The van der Waals surface area contributed by atoms with E-state index in [0.717, 1.165) is 9.87 Å². The van der Waals surface area contributed by atoms with E-state index in [2.05, 4.69) is 0 Å². The Balaban J connectivity index is 2.34. The first-order chi connectivity index (χ1) is 10.7. The number of hydrogen-bond acceptors (Lipinski definition) is 4. The van der Waals surface area contributed by atoms with Crippen LogP contribution in [-0.2, 0) is 32.6 Å². The second kappa shape index (κ2) is 6.29. The molecular weight excluding hydrogens is 320 g/mol. The molecule has 126 valence electrons. The van der Waals surface area contributed by atoms with Gasteiger partial charge in [-0.05, 0) is 30.5 Å². The minimum absolute atomic E-state index is 0.225. The van der Waals surface area contributed by atoms with Crippen LogP contribution in [-0.4, -0.2) is 55.2 Å². The van der Waals surface area contributed by atoms with Crippen molar-refractivity contribution < 1.29 is 23.1 Å². The highest BCUT2D eigenvalue weighted by Crippen LogP contribution is 2.27. The topological polar surface area (TPSA) is 95.0 Å². The lowest BCUT2D eigenvalue weighted by Crippen LogP contribution is -2.41. The molecule has 8 heteroatoms. The third-order valence-corrected chi connectivity index (χ3v) is 5.93. The number of carboxylic acids is 1. The average Bonchev–Trinajstić information content (AvgIpc) is 2.51. The van der Waals surface area contributed by atoms with E-state index in [0.29, 0.717) is 18.5 Å². The zero-order valence-electron chi connectivity index (χ0n) is 13.3. The van der Waals surface area contributed by atoms with Gasteiger partial charge in [-0.15, -0.1) is 0 Å². The summed E-state index contributed by atoms with van der Waals surface area (Å²) in [4.78, 5) is 24.8. The Labute approximate surface area is 135 Å². The molecular formula is C15H20N2O5S. The number of sulfonamides is 1. The Kier molecular flexibility index (Phi) is 4.76. The van der Waals surface area contributed by atoms with E-state index in [4.69, 9.17) is 5.11 Å². The number of nitrogens with zero attached hydrogens (tertiary/aromatic N) is 2. The number of rotatable bonds is 4. The lowest BCUT2D eigenvalue weighted by molar-refractivity contribution is -0.150. The fraction of sp³-hybridized carbons (Fsp3) is 0.467.